The van der Waals surface area contributed by atoms with E-state index in [1.807, 2.05) is 0 Å². The third-order valence-corrected chi connectivity index (χ3v) is 8.05. The molecule has 1 heterocycles. The van der Waals surface area contributed by atoms with Crippen LogP contribution in [0.5, 0.6) is 0 Å². The van der Waals surface area contributed by atoms with Crippen molar-refractivity contribution in [1.82, 2.24) is 36.9 Å². The van der Waals surface area contributed by atoms with E-state index < -0.39 is 110 Å². The van der Waals surface area contributed by atoms with Gasteiger partial charge in [-0.15, -0.1) is 0 Å². The first-order chi connectivity index (χ1) is 28.3. The molecule has 1 aromatic heterocycles. The van der Waals surface area contributed by atoms with Gasteiger partial charge in [-0.3, -0.25) is 24.0 Å². The van der Waals surface area contributed by atoms with Crippen LogP contribution in [0.15, 0.2) is 60.8 Å². The number of ether oxygens (including phenoxy) is 4. The number of fused-ring (bicyclic) bond motifs is 1. The lowest BCUT2D eigenvalue weighted by Gasteiger charge is -2.22. The second-order valence-corrected chi connectivity index (χ2v) is 14.2. The topological polar surface area (TPSA) is 299 Å². The minimum Gasteiger partial charge on any atom is -0.480 e. The Morgan fingerprint density at radius 2 is 1.37 bits per heavy atom. The molecule has 6 amide bonds. The highest BCUT2D eigenvalue weighted by molar-refractivity contribution is 5.94. The van der Waals surface area contributed by atoms with E-state index in [0.29, 0.717) is 11.1 Å². The number of rotatable bonds is 20. The van der Waals surface area contributed by atoms with Gasteiger partial charge < -0.3 is 60.9 Å². The van der Waals surface area contributed by atoms with Crippen LogP contribution in [-0.4, -0.2) is 113 Å². The molecule has 0 radical (unpaired) electrons. The van der Waals surface area contributed by atoms with Crippen molar-refractivity contribution in [3.05, 3.63) is 71.9 Å². The van der Waals surface area contributed by atoms with Gasteiger partial charge in [0.05, 0.1) is 19.5 Å². The quantitative estimate of drug-likeness (QED) is 0.0441. The van der Waals surface area contributed by atoms with E-state index >= 15 is 0 Å². The number of nitrogens with one attached hydrogen (secondary N) is 7. The molecule has 0 fully saturated rings. The minimum atomic E-state index is -1.64. The van der Waals surface area contributed by atoms with Crippen molar-refractivity contribution in [3.63, 3.8) is 0 Å². The SMILES string of the molecule is C[C@H](NC(=O)[C@H](Cc1c[nH]c2ccccc12)NC(=O)OCOC(=O)[C@H](C)NC(=O)OC(C)(C)C)C(=O)NCC(=O)NCC(=O)N[C@@H](CC(=O)OCc1ccccc1)C(=O)O. The molecule has 21 nitrogen and oxygen atoms in total. The summed E-state index contributed by atoms with van der Waals surface area (Å²) in [5, 5.41) is 23.9. The summed E-state index contributed by atoms with van der Waals surface area (Å²) in [4.78, 5) is 115. The fraction of sp³-hybridized carbons (Fsp3) is 0.410. The maximum atomic E-state index is 13.4. The summed E-state index contributed by atoms with van der Waals surface area (Å²) in [6.45, 7) is 5.24. The molecule has 2 aromatic carbocycles. The van der Waals surface area contributed by atoms with Crippen LogP contribution >= 0.6 is 0 Å². The first kappa shape index (κ1) is 47.2. The summed E-state index contributed by atoms with van der Waals surface area (Å²) in [6.07, 6.45) is -1.15. The number of hydrogen-bond donors (Lipinski definition) is 8. The number of para-hydroxylation sites is 1. The van der Waals surface area contributed by atoms with E-state index in [2.05, 4.69) is 36.9 Å². The summed E-state index contributed by atoms with van der Waals surface area (Å²) in [5.74, 6) is -6.76. The molecule has 0 saturated heterocycles. The second kappa shape index (κ2) is 22.7. The Balaban J connectivity index is 1.49. The molecule has 0 bridgehead atoms. The van der Waals surface area contributed by atoms with E-state index in [1.165, 1.54) is 13.8 Å². The normalized spacial score (nSPS) is 12.9. The molecular weight excluding hydrogens is 790 g/mol. The molecule has 8 N–H and O–H groups in total. The van der Waals surface area contributed by atoms with Crippen LogP contribution in [0.1, 0.15) is 52.2 Å². The van der Waals surface area contributed by atoms with Crippen molar-refractivity contribution in [2.24, 2.45) is 0 Å². The Labute approximate surface area is 344 Å². The highest BCUT2D eigenvalue weighted by Gasteiger charge is 2.28. The number of aromatic amines is 1. The van der Waals surface area contributed by atoms with Gasteiger partial charge >= 0.3 is 30.1 Å². The maximum absolute atomic E-state index is 13.4. The molecule has 21 heteroatoms. The maximum Gasteiger partial charge on any atom is 0.410 e. The summed E-state index contributed by atoms with van der Waals surface area (Å²) in [5.41, 5.74) is 1.23. The highest BCUT2D eigenvalue weighted by atomic mass is 16.7. The van der Waals surface area contributed by atoms with Gasteiger partial charge in [0.1, 0.15) is 36.4 Å². The molecule has 60 heavy (non-hydrogen) atoms. The molecule has 0 saturated carbocycles. The third-order valence-electron chi connectivity index (χ3n) is 8.05. The van der Waals surface area contributed by atoms with Gasteiger partial charge in [-0.05, 0) is 51.8 Å². The zero-order valence-electron chi connectivity index (χ0n) is 33.6. The van der Waals surface area contributed by atoms with E-state index in [0.717, 1.165) is 10.9 Å². The minimum absolute atomic E-state index is 0.0853. The molecule has 4 atom stereocenters. The van der Waals surface area contributed by atoms with Crippen molar-refractivity contribution in [1.29, 1.82) is 0 Å². The summed E-state index contributed by atoms with van der Waals surface area (Å²) < 4.78 is 20.0. The summed E-state index contributed by atoms with van der Waals surface area (Å²) in [6, 6.07) is 10.4. The molecule has 0 spiro atoms. The van der Waals surface area contributed by atoms with Crippen molar-refractivity contribution in [3.8, 4) is 0 Å². The van der Waals surface area contributed by atoms with Gasteiger partial charge in [0.2, 0.25) is 30.4 Å². The van der Waals surface area contributed by atoms with Gasteiger partial charge in [0.25, 0.3) is 0 Å². The van der Waals surface area contributed by atoms with E-state index in [4.69, 9.17) is 18.9 Å². The molecule has 0 aliphatic heterocycles. The van der Waals surface area contributed by atoms with Crippen LogP contribution in [0.4, 0.5) is 9.59 Å². The van der Waals surface area contributed by atoms with Crippen molar-refractivity contribution in [2.75, 3.05) is 19.9 Å². The number of hydrogen-bond acceptors (Lipinski definition) is 13. The Morgan fingerprint density at radius 3 is 2.05 bits per heavy atom. The lowest BCUT2D eigenvalue weighted by molar-refractivity contribution is -0.154. The lowest BCUT2D eigenvalue weighted by atomic mass is 10.0. The standard InChI is InChI=1S/C39H49N7O14/c1-22(33(50)42-18-30(47)41-19-31(48)45-29(35(52)53)16-32(49)57-20-24-11-7-6-8-12-24)43-34(51)28(15-25-17-40-27-14-10-9-13-26(25)27)46-37(55)59-21-58-36(54)23(2)44-38(56)60-39(3,4)5/h6-14,17,22-23,28-29,40H,15-16,18-21H2,1-5H3,(H,41,47)(H,42,50)(H,43,51)(H,44,56)(H,45,48)(H,46,55)(H,52,53)/t22-,23-,28-,29-/m0/s1. The van der Waals surface area contributed by atoms with Crippen LogP contribution < -0.4 is 31.9 Å². The number of alkyl carbamates (subject to hydrolysis) is 2. The third kappa shape index (κ3) is 16.7. The molecule has 0 aliphatic carbocycles. The van der Waals surface area contributed by atoms with Crippen molar-refractivity contribution in [2.45, 2.75) is 83.8 Å². The molecule has 324 valence electrons. The number of esters is 2. The average Bonchev–Trinajstić information content (AvgIpc) is 3.59. The fourth-order valence-corrected chi connectivity index (χ4v) is 5.07. The van der Waals surface area contributed by atoms with Crippen molar-refractivity contribution < 1.29 is 67.2 Å². The highest BCUT2D eigenvalue weighted by Crippen LogP contribution is 2.19. The van der Waals surface area contributed by atoms with Crippen LogP contribution in [0.3, 0.4) is 0 Å². The smallest absolute Gasteiger partial charge is 0.410 e. The number of carboxylic acids is 1. The number of aliphatic carboxylic acids is 1. The first-order valence-electron chi connectivity index (χ1n) is 18.5. The molecular formula is C39H49N7O14. The fourth-order valence-electron chi connectivity index (χ4n) is 5.07. The predicted molar refractivity (Wildman–Crippen MR) is 209 cm³/mol. The van der Waals surface area contributed by atoms with Gasteiger partial charge in [-0.2, -0.15) is 0 Å². The van der Waals surface area contributed by atoms with Gasteiger partial charge in [0, 0.05) is 23.5 Å². The number of H-pyrrole nitrogens is 1. The lowest BCUT2D eigenvalue weighted by Crippen LogP contribution is -2.54. The molecule has 3 rings (SSSR count). The van der Waals surface area contributed by atoms with Crippen molar-refractivity contribution >= 4 is 64.6 Å². The van der Waals surface area contributed by atoms with E-state index in [-0.39, 0.29) is 13.0 Å². The van der Waals surface area contributed by atoms with Gasteiger partial charge in [-0.1, -0.05) is 48.5 Å². The van der Waals surface area contributed by atoms with Crippen LogP contribution in [0, 0.1) is 0 Å². The molecule has 3 aromatic rings. The number of benzene rings is 2. The van der Waals surface area contributed by atoms with Crippen LogP contribution in [-0.2, 0) is 65.5 Å². The Morgan fingerprint density at radius 1 is 0.700 bits per heavy atom. The van der Waals surface area contributed by atoms with Crippen LogP contribution in [0.25, 0.3) is 10.9 Å². The van der Waals surface area contributed by atoms with E-state index in [1.54, 1.807) is 81.6 Å². The number of carboxylic acid groups (broad SMARTS) is 1. The van der Waals surface area contributed by atoms with Crippen LogP contribution in [0.2, 0.25) is 0 Å². The zero-order chi connectivity index (χ0) is 44.4. The van der Waals surface area contributed by atoms with Gasteiger partial charge in [0.15, 0.2) is 0 Å². The number of aromatic nitrogens is 1. The predicted octanol–water partition coefficient (Wildman–Crippen LogP) is 0.659. The summed E-state index contributed by atoms with van der Waals surface area (Å²) >= 11 is 0. The molecule has 0 unspecified atom stereocenters. The first-order valence-corrected chi connectivity index (χ1v) is 18.5. The number of carbonyl (C=O) groups excluding carboxylic acids is 8. The Kier molecular flexibility index (Phi) is 17.8. The zero-order valence-corrected chi connectivity index (χ0v) is 33.6. The number of carbonyl (C=O) groups is 9. The largest absolute Gasteiger partial charge is 0.480 e. The van der Waals surface area contributed by atoms with E-state index in [9.17, 15) is 48.3 Å². The average molecular weight is 840 g/mol. The Hall–Kier alpha value is -7.19. The second-order valence-electron chi connectivity index (χ2n) is 14.2. The number of amides is 6. The Bertz CT molecular complexity index is 2010. The monoisotopic (exact) mass is 839 g/mol. The summed E-state index contributed by atoms with van der Waals surface area (Å²) in [7, 11) is 0. The molecule has 0 aliphatic rings. The van der Waals surface area contributed by atoms with Gasteiger partial charge in [-0.25, -0.2) is 19.2 Å².